The van der Waals surface area contributed by atoms with Crippen LogP contribution in [0.5, 0.6) is 0 Å². The monoisotopic (exact) mass is 476 g/mol. The normalized spacial score (nSPS) is 48.3. The zero-order chi connectivity index (χ0) is 24.8. The molecule has 5 saturated carbocycles. The van der Waals surface area contributed by atoms with Crippen LogP contribution in [-0.2, 0) is 0 Å². The fourth-order valence-corrected chi connectivity index (χ4v) is 12.0. The van der Waals surface area contributed by atoms with Gasteiger partial charge >= 0.3 is 5.97 Å². The predicted molar refractivity (Wildman–Crippen MR) is 142 cm³/mol. The van der Waals surface area contributed by atoms with Crippen molar-refractivity contribution in [3.63, 3.8) is 0 Å². The molecule has 35 heavy (non-hydrogen) atoms. The van der Waals surface area contributed by atoms with E-state index in [1.807, 2.05) is 12.1 Å². The number of fused-ring (bicyclic) bond motifs is 7. The molecule has 5 fully saturated rings. The lowest BCUT2D eigenvalue weighted by Crippen LogP contribution is -2.62. The van der Waals surface area contributed by atoms with Gasteiger partial charge in [0.15, 0.2) is 0 Å². The van der Waals surface area contributed by atoms with Gasteiger partial charge in [-0.1, -0.05) is 53.2 Å². The SMILES string of the molecule is CC1(C)C2CC[C@@]3(C)C4CC[C@@]5(C)CCCC5[C@H]4CCC3[C@@]2(C)CC[C@@H]1c1ccc(C(=O)O)cc1. The summed E-state index contributed by atoms with van der Waals surface area (Å²) in [4.78, 5) is 11.4. The minimum atomic E-state index is -0.824. The summed E-state index contributed by atoms with van der Waals surface area (Å²) in [5.74, 6) is 4.28. The molecule has 1 N–H and O–H groups in total. The zero-order valence-electron chi connectivity index (χ0n) is 22.9. The average Bonchev–Trinajstić information content (AvgIpc) is 3.20. The number of aromatic carboxylic acids is 1. The van der Waals surface area contributed by atoms with Crippen molar-refractivity contribution in [3.05, 3.63) is 35.4 Å². The summed E-state index contributed by atoms with van der Waals surface area (Å²) in [5.41, 5.74) is 3.63. The van der Waals surface area contributed by atoms with E-state index < -0.39 is 5.97 Å². The first-order valence-corrected chi connectivity index (χ1v) is 14.8. The first kappa shape index (κ1) is 24.1. The second-order valence-corrected chi connectivity index (χ2v) is 15.0. The van der Waals surface area contributed by atoms with Crippen molar-refractivity contribution >= 4 is 5.97 Å². The largest absolute Gasteiger partial charge is 0.478 e. The van der Waals surface area contributed by atoms with Crippen LogP contribution >= 0.6 is 0 Å². The molecule has 2 nitrogen and oxygen atoms in total. The zero-order valence-corrected chi connectivity index (χ0v) is 22.9. The summed E-state index contributed by atoms with van der Waals surface area (Å²) in [7, 11) is 0. The van der Waals surface area contributed by atoms with Crippen LogP contribution in [-0.4, -0.2) is 11.1 Å². The number of carbonyl (C=O) groups is 1. The lowest BCUT2D eigenvalue weighted by Gasteiger charge is -2.69. The molecule has 0 saturated heterocycles. The maximum Gasteiger partial charge on any atom is 0.335 e. The van der Waals surface area contributed by atoms with Gasteiger partial charge in [0.2, 0.25) is 0 Å². The van der Waals surface area contributed by atoms with Crippen LogP contribution in [0.1, 0.15) is 127 Å². The maximum absolute atomic E-state index is 11.4. The molecule has 6 rings (SSSR count). The summed E-state index contributed by atoms with van der Waals surface area (Å²) >= 11 is 0. The third-order valence-electron chi connectivity index (χ3n) is 13.5. The van der Waals surface area contributed by atoms with Crippen LogP contribution < -0.4 is 0 Å². The van der Waals surface area contributed by atoms with Crippen LogP contribution in [0.2, 0.25) is 0 Å². The van der Waals surface area contributed by atoms with E-state index in [1.165, 1.54) is 76.2 Å². The van der Waals surface area contributed by atoms with E-state index in [2.05, 4.69) is 46.8 Å². The van der Waals surface area contributed by atoms with Gasteiger partial charge in [-0.2, -0.15) is 0 Å². The highest BCUT2D eigenvalue weighted by atomic mass is 16.4. The molecule has 0 heterocycles. The van der Waals surface area contributed by atoms with E-state index in [-0.39, 0.29) is 5.41 Å². The molecule has 1 aromatic rings. The Bertz CT molecular complexity index is 993. The highest BCUT2D eigenvalue weighted by Crippen LogP contribution is 2.74. The molecule has 4 unspecified atom stereocenters. The third kappa shape index (κ3) is 3.29. The second kappa shape index (κ2) is 7.84. The highest BCUT2D eigenvalue weighted by Gasteiger charge is 2.65. The highest BCUT2D eigenvalue weighted by molar-refractivity contribution is 5.87. The molecule has 9 atom stereocenters. The molecule has 0 radical (unpaired) electrons. The average molecular weight is 477 g/mol. The Morgan fingerprint density at radius 2 is 1.46 bits per heavy atom. The van der Waals surface area contributed by atoms with Gasteiger partial charge in [-0.3, -0.25) is 0 Å². The fraction of sp³-hybridized carbons (Fsp3) is 0.788. The van der Waals surface area contributed by atoms with Gasteiger partial charge in [0, 0.05) is 0 Å². The van der Waals surface area contributed by atoms with Crippen molar-refractivity contribution < 1.29 is 9.90 Å². The van der Waals surface area contributed by atoms with Crippen LogP contribution in [0.25, 0.3) is 0 Å². The van der Waals surface area contributed by atoms with Gasteiger partial charge in [0.1, 0.15) is 0 Å². The van der Waals surface area contributed by atoms with Gasteiger partial charge in [0.05, 0.1) is 5.56 Å². The van der Waals surface area contributed by atoms with Crippen molar-refractivity contribution in [3.8, 4) is 0 Å². The Labute approximate surface area is 213 Å². The smallest absolute Gasteiger partial charge is 0.335 e. The molecule has 192 valence electrons. The number of carboxylic acid groups (broad SMARTS) is 1. The minimum Gasteiger partial charge on any atom is -0.478 e. The molecule has 0 aromatic heterocycles. The van der Waals surface area contributed by atoms with Crippen molar-refractivity contribution in [1.82, 2.24) is 0 Å². The van der Waals surface area contributed by atoms with E-state index in [0.29, 0.717) is 27.7 Å². The molecule has 0 amide bonds. The standard InChI is InChI=1S/C33H48O2/c1-30(2)24(21-8-10-22(11-9-21)29(34)35)15-19-33(5)27(30)16-20-32(4)26-14-18-31(3)17-6-7-25(31)23(26)12-13-28(32)33/h8-11,23-28H,6-7,12-20H2,1-5H3,(H,34,35)/t23-,24-,25?,26?,27?,28?,31-,32+,33+/m1/s1. The summed E-state index contributed by atoms with van der Waals surface area (Å²) in [6, 6.07) is 7.86. The van der Waals surface area contributed by atoms with Crippen LogP contribution in [0.3, 0.4) is 0 Å². The van der Waals surface area contributed by atoms with Crippen molar-refractivity contribution in [2.45, 2.75) is 111 Å². The number of rotatable bonds is 2. The van der Waals surface area contributed by atoms with E-state index in [9.17, 15) is 9.90 Å². The summed E-state index contributed by atoms with van der Waals surface area (Å²) in [6.45, 7) is 13.2. The third-order valence-corrected chi connectivity index (χ3v) is 13.5. The molecule has 5 aliphatic rings. The van der Waals surface area contributed by atoms with Crippen LogP contribution in [0, 0.1) is 51.2 Å². The van der Waals surface area contributed by atoms with Gasteiger partial charge in [-0.15, -0.1) is 0 Å². The lowest BCUT2D eigenvalue weighted by atomic mass is 9.35. The Balaban J connectivity index is 1.28. The van der Waals surface area contributed by atoms with Crippen molar-refractivity contribution in [2.24, 2.45) is 51.2 Å². The van der Waals surface area contributed by atoms with Crippen LogP contribution in [0.15, 0.2) is 24.3 Å². The first-order valence-electron chi connectivity index (χ1n) is 14.8. The van der Waals surface area contributed by atoms with Crippen molar-refractivity contribution in [2.75, 3.05) is 0 Å². The number of hydrogen-bond donors (Lipinski definition) is 1. The van der Waals surface area contributed by atoms with E-state index in [0.717, 1.165) is 29.6 Å². The number of benzene rings is 1. The first-order chi connectivity index (χ1) is 16.5. The van der Waals surface area contributed by atoms with Crippen LogP contribution in [0.4, 0.5) is 0 Å². The molecule has 0 spiro atoms. The van der Waals surface area contributed by atoms with Gasteiger partial charge in [0.25, 0.3) is 0 Å². The molecular formula is C33H48O2. The predicted octanol–water partition coefficient (Wildman–Crippen LogP) is 8.95. The maximum atomic E-state index is 11.4. The molecule has 0 aliphatic heterocycles. The fourth-order valence-electron chi connectivity index (χ4n) is 12.0. The molecule has 0 bridgehead atoms. The Morgan fingerprint density at radius 1 is 0.743 bits per heavy atom. The molecule has 5 aliphatic carbocycles. The number of carboxylic acids is 1. The van der Waals surface area contributed by atoms with E-state index in [1.54, 1.807) is 0 Å². The van der Waals surface area contributed by atoms with Gasteiger partial charge in [-0.05, 0) is 139 Å². The lowest BCUT2D eigenvalue weighted by molar-refractivity contribution is -0.198. The quantitative estimate of drug-likeness (QED) is 0.462. The van der Waals surface area contributed by atoms with Gasteiger partial charge < -0.3 is 5.11 Å². The number of hydrogen-bond acceptors (Lipinski definition) is 1. The Hall–Kier alpha value is -1.31. The molecular weight excluding hydrogens is 428 g/mol. The van der Waals surface area contributed by atoms with Gasteiger partial charge in [-0.25, -0.2) is 4.79 Å². The second-order valence-electron chi connectivity index (χ2n) is 15.0. The summed E-state index contributed by atoms with van der Waals surface area (Å²) in [5, 5.41) is 9.36. The summed E-state index contributed by atoms with van der Waals surface area (Å²) < 4.78 is 0. The topological polar surface area (TPSA) is 37.3 Å². The van der Waals surface area contributed by atoms with E-state index >= 15 is 0 Å². The minimum absolute atomic E-state index is 0.243. The Kier molecular flexibility index (Phi) is 5.39. The molecule has 1 aromatic carbocycles. The molecule has 2 heteroatoms. The van der Waals surface area contributed by atoms with E-state index in [4.69, 9.17) is 0 Å². The van der Waals surface area contributed by atoms with Crippen molar-refractivity contribution in [1.29, 1.82) is 0 Å². The Morgan fingerprint density at radius 3 is 2.17 bits per heavy atom. The summed E-state index contributed by atoms with van der Waals surface area (Å²) in [6.07, 6.45) is 15.8.